The zero-order valence-electron chi connectivity index (χ0n) is 8.52. The molecule has 0 aliphatic heterocycles. The van der Waals surface area contributed by atoms with Crippen molar-refractivity contribution < 1.29 is 0 Å². The summed E-state index contributed by atoms with van der Waals surface area (Å²) in [5.41, 5.74) is 5.59. The van der Waals surface area contributed by atoms with Crippen LogP contribution in [-0.2, 0) is 6.54 Å². The Morgan fingerprint density at radius 2 is 2.43 bits per heavy atom. The summed E-state index contributed by atoms with van der Waals surface area (Å²) in [6.45, 7) is 2.78. The van der Waals surface area contributed by atoms with Gasteiger partial charge >= 0.3 is 5.69 Å². The Bertz CT molecular complexity index is 321. The highest BCUT2D eigenvalue weighted by molar-refractivity contribution is 4.80. The van der Waals surface area contributed by atoms with Crippen molar-refractivity contribution in [1.82, 2.24) is 9.55 Å². The van der Waals surface area contributed by atoms with Crippen LogP contribution in [0.2, 0.25) is 0 Å². The van der Waals surface area contributed by atoms with Gasteiger partial charge in [-0.1, -0.05) is 6.92 Å². The van der Waals surface area contributed by atoms with Gasteiger partial charge in [0.25, 0.3) is 0 Å². The fourth-order valence-corrected chi connectivity index (χ4v) is 1.29. The number of aryl methyl sites for hydroxylation is 1. The predicted octanol–water partition coefficient (Wildman–Crippen LogP) is 0.761. The van der Waals surface area contributed by atoms with E-state index in [1.54, 1.807) is 16.8 Å². The topological polar surface area (TPSA) is 60.9 Å². The zero-order chi connectivity index (χ0) is 10.4. The maximum atomic E-state index is 11.2. The number of rotatable bonds is 5. The summed E-state index contributed by atoms with van der Waals surface area (Å²) in [6, 6.07) is 2.02. The van der Waals surface area contributed by atoms with E-state index in [4.69, 9.17) is 5.73 Å². The van der Waals surface area contributed by atoms with E-state index in [1.807, 2.05) is 0 Å². The highest BCUT2D eigenvalue weighted by Crippen LogP contribution is 1.99. The first-order valence-corrected chi connectivity index (χ1v) is 5.01. The van der Waals surface area contributed by atoms with Crippen LogP contribution in [0.1, 0.15) is 26.2 Å². The number of hydrogen-bond acceptors (Lipinski definition) is 3. The number of aromatic nitrogens is 2. The normalized spacial score (nSPS) is 12.7. The summed E-state index contributed by atoms with van der Waals surface area (Å²) in [5.74, 6) is 0. The maximum absolute atomic E-state index is 11.2. The third-order valence-electron chi connectivity index (χ3n) is 2.28. The third kappa shape index (κ3) is 3.30. The van der Waals surface area contributed by atoms with E-state index in [9.17, 15) is 4.79 Å². The van der Waals surface area contributed by atoms with Gasteiger partial charge in [-0.15, -0.1) is 0 Å². The highest BCUT2D eigenvalue weighted by atomic mass is 16.1. The Labute approximate surface area is 83.8 Å². The van der Waals surface area contributed by atoms with Gasteiger partial charge < -0.3 is 5.73 Å². The van der Waals surface area contributed by atoms with Crippen molar-refractivity contribution in [2.75, 3.05) is 0 Å². The molecule has 0 aliphatic carbocycles. The molecular weight excluding hydrogens is 178 g/mol. The van der Waals surface area contributed by atoms with Gasteiger partial charge in [-0.05, 0) is 25.3 Å². The molecule has 0 radical (unpaired) electrons. The van der Waals surface area contributed by atoms with Crippen molar-refractivity contribution >= 4 is 0 Å². The van der Waals surface area contributed by atoms with Crippen LogP contribution in [0.4, 0.5) is 0 Å². The lowest BCUT2D eigenvalue weighted by molar-refractivity contribution is 0.514. The molecule has 1 atom stereocenters. The fourth-order valence-electron chi connectivity index (χ4n) is 1.29. The minimum absolute atomic E-state index is 0.183. The summed E-state index contributed by atoms with van der Waals surface area (Å²) in [6.07, 6.45) is 6.14. The minimum atomic E-state index is -0.183. The molecule has 0 spiro atoms. The largest absolute Gasteiger partial charge is 0.347 e. The lowest BCUT2D eigenvalue weighted by atomic mass is 10.1. The van der Waals surface area contributed by atoms with Crippen LogP contribution >= 0.6 is 0 Å². The van der Waals surface area contributed by atoms with Gasteiger partial charge in [0.15, 0.2) is 0 Å². The second-order valence-corrected chi connectivity index (χ2v) is 3.41. The summed E-state index contributed by atoms with van der Waals surface area (Å²) in [4.78, 5) is 14.9. The van der Waals surface area contributed by atoms with Gasteiger partial charge in [0.2, 0.25) is 0 Å². The van der Waals surface area contributed by atoms with E-state index >= 15 is 0 Å². The first kappa shape index (κ1) is 10.9. The summed E-state index contributed by atoms with van der Waals surface area (Å²) >= 11 is 0. The lowest BCUT2D eigenvalue weighted by Gasteiger charge is -2.08. The molecule has 0 amide bonds. The average molecular weight is 195 g/mol. The SMILES string of the molecule is CCC(N)CCCn1cccnc1=O. The van der Waals surface area contributed by atoms with E-state index < -0.39 is 0 Å². The Hall–Kier alpha value is -1.16. The number of nitrogens with two attached hydrogens (primary N) is 1. The molecule has 0 bridgehead atoms. The van der Waals surface area contributed by atoms with Crippen molar-refractivity contribution in [3.8, 4) is 0 Å². The Morgan fingerprint density at radius 1 is 1.64 bits per heavy atom. The van der Waals surface area contributed by atoms with Crippen LogP contribution in [-0.4, -0.2) is 15.6 Å². The van der Waals surface area contributed by atoms with Crippen molar-refractivity contribution in [2.45, 2.75) is 38.8 Å². The summed E-state index contributed by atoms with van der Waals surface area (Å²) in [7, 11) is 0. The lowest BCUT2D eigenvalue weighted by Crippen LogP contribution is -2.23. The van der Waals surface area contributed by atoms with Crippen LogP contribution in [0.5, 0.6) is 0 Å². The molecule has 1 rings (SSSR count). The molecule has 14 heavy (non-hydrogen) atoms. The monoisotopic (exact) mass is 195 g/mol. The first-order chi connectivity index (χ1) is 6.74. The Morgan fingerprint density at radius 3 is 3.07 bits per heavy atom. The smallest absolute Gasteiger partial charge is 0.328 e. The van der Waals surface area contributed by atoms with Crippen LogP contribution in [0.3, 0.4) is 0 Å². The van der Waals surface area contributed by atoms with Gasteiger partial charge in [0, 0.05) is 25.0 Å². The molecule has 78 valence electrons. The van der Waals surface area contributed by atoms with E-state index in [0.29, 0.717) is 6.54 Å². The van der Waals surface area contributed by atoms with Gasteiger partial charge in [0.05, 0.1) is 0 Å². The van der Waals surface area contributed by atoms with Gasteiger partial charge in [-0.2, -0.15) is 0 Å². The predicted molar refractivity (Wildman–Crippen MR) is 56.0 cm³/mol. The van der Waals surface area contributed by atoms with Crippen LogP contribution in [0.25, 0.3) is 0 Å². The average Bonchev–Trinajstić information content (AvgIpc) is 2.20. The second kappa shape index (κ2) is 5.54. The second-order valence-electron chi connectivity index (χ2n) is 3.41. The Kier molecular flexibility index (Phi) is 4.32. The van der Waals surface area contributed by atoms with Gasteiger partial charge in [-0.25, -0.2) is 9.78 Å². The van der Waals surface area contributed by atoms with E-state index in [1.165, 1.54) is 6.20 Å². The maximum Gasteiger partial charge on any atom is 0.347 e. The molecule has 0 aliphatic rings. The van der Waals surface area contributed by atoms with E-state index in [2.05, 4.69) is 11.9 Å². The highest BCUT2D eigenvalue weighted by Gasteiger charge is 1.99. The number of nitrogens with zero attached hydrogens (tertiary/aromatic N) is 2. The van der Waals surface area contributed by atoms with Crippen molar-refractivity contribution in [2.24, 2.45) is 5.73 Å². The standard InChI is InChI=1S/C10H17N3O/c1-2-9(11)5-3-7-13-8-4-6-12-10(13)14/h4,6,8-9H,2-3,5,7,11H2,1H3. The summed E-state index contributed by atoms with van der Waals surface area (Å²) < 4.78 is 1.61. The molecule has 1 aromatic rings. The molecule has 1 aromatic heterocycles. The summed E-state index contributed by atoms with van der Waals surface area (Å²) in [5, 5.41) is 0. The minimum Gasteiger partial charge on any atom is -0.328 e. The molecule has 1 heterocycles. The molecule has 0 aromatic carbocycles. The first-order valence-electron chi connectivity index (χ1n) is 5.01. The molecule has 2 N–H and O–H groups in total. The molecule has 4 nitrogen and oxygen atoms in total. The van der Waals surface area contributed by atoms with Crippen LogP contribution in [0.15, 0.2) is 23.3 Å². The molecule has 1 unspecified atom stereocenters. The van der Waals surface area contributed by atoms with Crippen molar-refractivity contribution in [3.05, 3.63) is 28.9 Å². The zero-order valence-corrected chi connectivity index (χ0v) is 8.52. The molecule has 0 saturated heterocycles. The fraction of sp³-hybridized carbons (Fsp3) is 0.600. The van der Waals surface area contributed by atoms with Gasteiger partial charge in [0.1, 0.15) is 0 Å². The number of hydrogen-bond donors (Lipinski definition) is 1. The quantitative estimate of drug-likeness (QED) is 0.754. The molecule has 0 saturated carbocycles. The van der Waals surface area contributed by atoms with Gasteiger partial charge in [-0.3, -0.25) is 4.57 Å². The molecule has 0 fully saturated rings. The molecule has 4 heteroatoms. The van der Waals surface area contributed by atoms with Crippen LogP contribution < -0.4 is 11.4 Å². The van der Waals surface area contributed by atoms with Crippen molar-refractivity contribution in [1.29, 1.82) is 0 Å². The van der Waals surface area contributed by atoms with E-state index in [0.717, 1.165) is 19.3 Å². The molecular formula is C10H17N3O. The van der Waals surface area contributed by atoms with Crippen molar-refractivity contribution in [3.63, 3.8) is 0 Å². The van der Waals surface area contributed by atoms with Crippen LogP contribution in [0, 0.1) is 0 Å². The third-order valence-corrected chi connectivity index (χ3v) is 2.28. The Balaban J connectivity index is 2.39. The van der Waals surface area contributed by atoms with E-state index in [-0.39, 0.29) is 11.7 Å².